The van der Waals surface area contributed by atoms with Gasteiger partial charge in [-0.1, -0.05) is 6.07 Å². The molecule has 0 fully saturated rings. The second-order valence-corrected chi connectivity index (χ2v) is 5.02. The predicted octanol–water partition coefficient (Wildman–Crippen LogP) is 2.61. The van der Waals surface area contributed by atoms with Crippen LogP contribution in [0.2, 0.25) is 0 Å². The molecule has 2 rings (SSSR count). The van der Waals surface area contributed by atoms with Gasteiger partial charge >= 0.3 is 0 Å². The molecule has 132 valence electrons. The Bertz CT molecular complexity index is 652. The van der Waals surface area contributed by atoms with Crippen LogP contribution in [0.5, 0.6) is 0 Å². The van der Waals surface area contributed by atoms with Gasteiger partial charge in [0.15, 0.2) is 5.96 Å². The number of aromatic nitrogens is 2. The molecule has 0 unspecified atom stereocenters. The third kappa shape index (κ3) is 5.73. The lowest BCUT2D eigenvalue weighted by Gasteiger charge is -2.12. The Morgan fingerprint density at radius 3 is 2.50 bits per heavy atom. The van der Waals surface area contributed by atoms with E-state index in [4.69, 9.17) is 0 Å². The molecule has 1 aromatic heterocycles. The summed E-state index contributed by atoms with van der Waals surface area (Å²) in [4.78, 5) is 4.44. The Morgan fingerprint density at radius 2 is 1.92 bits per heavy atom. The molecular weight excluding hydrogens is 427 g/mol. The molecule has 0 saturated carbocycles. The molecular formula is C16H22F2IN5. The fraction of sp³-hybridized carbons (Fsp3) is 0.375. The molecule has 0 atom stereocenters. The van der Waals surface area contributed by atoms with Crippen molar-refractivity contribution in [2.75, 3.05) is 13.1 Å². The van der Waals surface area contributed by atoms with E-state index in [-0.39, 0.29) is 36.0 Å². The van der Waals surface area contributed by atoms with Crippen molar-refractivity contribution in [3.8, 4) is 0 Å². The van der Waals surface area contributed by atoms with Gasteiger partial charge in [-0.15, -0.1) is 24.0 Å². The maximum Gasteiger partial charge on any atom is 0.191 e. The minimum Gasteiger partial charge on any atom is -0.357 e. The number of nitrogens with one attached hydrogen (secondary N) is 2. The summed E-state index contributed by atoms with van der Waals surface area (Å²) >= 11 is 0. The molecule has 5 nitrogen and oxygen atoms in total. The Kier molecular flexibility index (Phi) is 8.66. The molecule has 2 N–H and O–H groups in total. The fourth-order valence-corrected chi connectivity index (χ4v) is 2.14. The number of benzene rings is 1. The van der Waals surface area contributed by atoms with Crippen LogP contribution in [0.1, 0.15) is 18.2 Å². The molecule has 0 aliphatic heterocycles. The second kappa shape index (κ2) is 10.2. The SMILES string of the molecule is CCNC(=NCc1ccnn1C)NCCc1c(F)cccc1F.I. The molecule has 8 heteroatoms. The van der Waals surface area contributed by atoms with E-state index in [1.165, 1.54) is 18.2 Å². The van der Waals surface area contributed by atoms with Gasteiger partial charge in [0.25, 0.3) is 0 Å². The minimum absolute atomic E-state index is 0. The minimum atomic E-state index is -0.524. The molecule has 24 heavy (non-hydrogen) atoms. The Hall–Kier alpha value is -1.71. The van der Waals surface area contributed by atoms with Crippen LogP contribution >= 0.6 is 24.0 Å². The van der Waals surface area contributed by atoms with Crippen molar-refractivity contribution in [3.05, 3.63) is 53.4 Å². The molecule has 2 aromatic rings. The van der Waals surface area contributed by atoms with Gasteiger partial charge in [0.1, 0.15) is 11.6 Å². The van der Waals surface area contributed by atoms with Gasteiger partial charge < -0.3 is 10.6 Å². The lowest BCUT2D eigenvalue weighted by molar-refractivity contribution is 0.553. The Morgan fingerprint density at radius 1 is 1.21 bits per heavy atom. The van der Waals surface area contributed by atoms with E-state index in [0.29, 0.717) is 25.6 Å². The number of hydrogen-bond donors (Lipinski definition) is 2. The second-order valence-electron chi connectivity index (χ2n) is 5.02. The number of nitrogens with zero attached hydrogens (tertiary/aromatic N) is 3. The number of aryl methyl sites for hydroxylation is 1. The van der Waals surface area contributed by atoms with Gasteiger partial charge in [0, 0.05) is 31.9 Å². The smallest absolute Gasteiger partial charge is 0.191 e. The van der Waals surface area contributed by atoms with Gasteiger partial charge in [-0.2, -0.15) is 5.10 Å². The van der Waals surface area contributed by atoms with Crippen molar-refractivity contribution in [2.45, 2.75) is 19.9 Å². The molecule has 0 aliphatic carbocycles. The largest absolute Gasteiger partial charge is 0.357 e. The van der Waals surface area contributed by atoms with Crippen LogP contribution in [0.25, 0.3) is 0 Å². The summed E-state index contributed by atoms with van der Waals surface area (Å²) in [6, 6.07) is 5.78. The van der Waals surface area contributed by atoms with Gasteiger partial charge in [-0.3, -0.25) is 4.68 Å². The molecule has 0 saturated heterocycles. The van der Waals surface area contributed by atoms with Crippen molar-refractivity contribution < 1.29 is 8.78 Å². The Labute approximate surface area is 157 Å². The van der Waals surface area contributed by atoms with Crippen LogP contribution in [-0.2, 0) is 20.0 Å². The first-order chi connectivity index (χ1) is 11.1. The summed E-state index contributed by atoms with van der Waals surface area (Å²) < 4.78 is 28.9. The lowest BCUT2D eigenvalue weighted by atomic mass is 10.1. The van der Waals surface area contributed by atoms with E-state index >= 15 is 0 Å². The average molecular weight is 449 g/mol. The highest BCUT2D eigenvalue weighted by Crippen LogP contribution is 2.11. The Balaban J connectivity index is 0.00000288. The third-order valence-corrected chi connectivity index (χ3v) is 3.39. The zero-order valence-electron chi connectivity index (χ0n) is 13.7. The van der Waals surface area contributed by atoms with Crippen molar-refractivity contribution in [3.63, 3.8) is 0 Å². The topological polar surface area (TPSA) is 54.2 Å². The first kappa shape index (κ1) is 20.3. The molecule has 1 heterocycles. The summed E-state index contributed by atoms with van der Waals surface area (Å²) in [6.07, 6.45) is 1.96. The van der Waals surface area contributed by atoms with E-state index in [2.05, 4.69) is 20.7 Å². The standard InChI is InChI=1S/C16H21F2N5.HI/c1-3-19-16(21-11-12-7-10-22-23(12)2)20-9-8-13-14(17)5-4-6-15(13)18;/h4-7,10H,3,8-9,11H2,1-2H3,(H2,19,20,21);1H. The highest BCUT2D eigenvalue weighted by Gasteiger charge is 2.08. The van der Waals surface area contributed by atoms with Crippen LogP contribution in [0, 0.1) is 11.6 Å². The van der Waals surface area contributed by atoms with Crippen molar-refractivity contribution in [1.29, 1.82) is 0 Å². The number of rotatable bonds is 6. The van der Waals surface area contributed by atoms with Gasteiger partial charge in [0.05, 0.1) is 12.2 Å². The highest BCUT2D eigenvalue weighted by atomic mass is 127. The molecule has 0 amide bonds. The first-order valence-corrected chi connectivity index (χ1v) is 7.53. The molecule has 0 spiro atoms. The van der Waals surface area contributed by atoms with Crippen LogP contribution < -0.4 is 10.6 Å². The number of aliphatic imine (C=N–C) groups is 1. The summed E-state index contributed by atoms with van der Waals surface area (Å²) in [7, 11) is 1.85. The highest BCUT2D eigenvalue weighted by molar-refractivity contribution is 14.0. The zero-order valence-corrected chi connectivity index (χ0v) is 16.1. The van der Waals surface area contributed by atoms with E-state index < -0.39 is 11.6 Å². The summed E-state index contributed by atoms with van der Waals surface area (Å²) in [5, 5.41) is 10.3. The molecule has 0 aliphatic rings. The third-order valence-electron chi connectivity index (χ3n) is 3.39. The number of guanidine groups is 1. The lowest BCUT2D eigenvalue weighted by Crippen LogP contribution is -2.38. The van der Waals surface area contributed by atoms with Crippen LogP contribution in [0.15, 0.2) is 35.5 Å². The first-order valence-electron chi connectivity index (χ1n) is 7.53. The number of halogens is 3. The van der Waals surface area contributed by atoms with Crippen molar-refractivity contribution >= 4 is 29.9 Å². The van der Waals surface area contributed by atoms with Crippen LogP contribution in [0.3, 0.4) is 0 Å². The van der Waals surface area contributed by atoms with Gasteiger partial charge in [0.2, 0.25) is 0 Å². The maximum atomic E-state index is 13.6. The summed E-state index contributed by atoms with van der Waals surface area (Å²) in [5.41, 5.74) is 1.06. The van der Waals surface area contributed by atoms with Gasteiger partial charge in [-0.25, -0.2) is 13.8 Å². The van der Waals surface area contributed by atoms with E-state index in [9.17, 15) is 8.78 Å². The number of hydrogen-bond acceptors (Lipinski definition) is 2. The van der Waals surface area contributed by atoms with Crippen molar-refractivity contribution in [2.24, 2.45) is 12.0 Å². The van der Waals surface area contributed by atoms with Crippen molar-refractivity contribution in [1.82, 2.24) is 20.4 Å². The molecule has 0 radical (unpaired) electrons. The normalized spacial score (nSPS) is 11.1. The van der Waals surface area contributed by atoms with E-state index in [1.54, 1.807) is 10.9 Å². The maximum absolute atomic E-state index is 13.6. The summed E-state index contributed by atoms with van der Waals surface area (Å²) in [6.45, 7) is 3.51. The van der Waals surface area contributed by atoms with E-state index in [0.717, 1.165) is 5.69 Å². The van der Waals surface area contributed by atoms with Crippen LogP contribution in [-0.4, -0.2) is 28.8 Å². The predicted molar refractivity (Wildman–Crippen MR) is 102 cm³/mol. The zero-order chi connectivity index (χ0) is 16.7. The molecule has 1 aromatic carbocycles. The average Bonchev–Trinajstić information content (AvgIpc) is 2.93. The van der Waals surface area contributed by atoms with Crippen LogP contribution in [0.4, 0.5) is 8.78 Å². The van der Waals surface area contributed by atoms with E-state index in [1.807, 2.05) is 20.0 Å². The quantitative estimate of drug-likeness (QED) is 0.405. The molecule has 0 bridgehead atoms. The fourth-order valence-electron chi connectivity index (χ4n) is 2.14. The monoisotopic (exact) mass is 449 g/mol. The van der Waals surface area contributed by atoms with Gasteiger partial charge in [-0.05, 0) is 31.5 Å². The summed E-state index contributed by atoms with van der Waals surface area (Å²) in [5.74, 6) is -0.447.